The zero-order chi connectivity index (χ0) is 18.2. The summed E-state index contributed by atoms with van der Waals surface area (Å²) < 4.78 is 0. The molecule has 1 saturated carbocycles. The van der Waals surface area contributed by atoms with Crippen molar-refractivity contribution in [3.8, 4) is 0 Å². The predicted octanol–water partition coefficient (Wildman–Crippen LogP) is 2.35. The molecule has 2 amide bonds. The second-order valence-corrected chi connectivity index (χ2v) is 6.74. The average molecular weight is 351 g/mol. The van der Waals surface area contributed by atoms with Gasteiger partial charge in [0.25, 0.3) is 0 Å². The molecule has 3 rings (SSSR count). The van der Waals surface area contributed by atoms with Crippen LogP contribution in [-0.4, -0.2) is 30.9 Å². The molecule has 0 aliphatic heterocycles. The van der Waals surface area contributed by atoms with Crippen LogP contribution in [0, 0.1) is 5.92 Å². The third-order valence-electron chi connectivity index (χ3n) is 4.39. The molecule has 0 saturated heterocycles. The van der Waals surface area contributed by atoms with Gasteiger partial charge >= 0.3 is 0 Å². The van der Waals surface area contributed by atoms with Gasteiger partial charge < -0.3 is 16.0 Å². The van der Waals surface area contributed by atoms with Crippen LogP contribution in [0.5, 0.6) is 0 Å². The summed E-state index contributed by atoms with van der Waals surface area (Å²) in [5.41, 5.74) is 1.73. The second-order valence-electron chi connectivity index (χ2n) is 6.74. The first-order valence-corrected chi connectivity index (χ1v) is 9.10. The Morgan fingerprint density at radius 3 is 2.27 bits per heavy atom. The van der Waals surface area contributed by atoms with Gasteiger partial charge in [0.05, 0.1) is 6.54 Å². The van der Waals surface area contributed by atoms with Crippen LogP contribution < -0.4 is 16.0 Å². The lowest BCUT2D eigenvalue weighted by atomic mass is 10.0. The molecule has 26 heavy (non-hydrogen) atoms. The zero-order valence-corrected chi connectivity index (χ0v) is 14.8. The molecule has 1 fully saturated rings. The highest BCUT2D eigenvalue weighted by molar-refractivity contribution is 5.97. The number of carbonyl (C=O) groups is 2. The lowest BCUT2D eigenvalue weighted by Crippen LogP contribution is -2.48. The largest absolute Gasteiger partial charge is 0.343 e. The van der Waals surface area contributed by atoms with E-state index in [9.17, 15) is 9.59 Å². The molecule has 5 heteroatoms. The number of hydrogen-bond donors (Lipinski definition) is 3. The van der Waals surface area contributed by atoms with E-state index < -0.39 is 6.04 Å². The van der Waals surface area contributed by atoms with Crippen molar-refractivity contribution >= 4 is 17.5 Å². The first kappa shape index (κ1) is 18.1. The first-order valence-electron chi connectivity index (χ1n) is 9.10. The van der Waals surface area contributed by atoms with Crippen molar-refractivity contribution in [1.29, 1.82) is 0 Å². The molecule has 0 radical (unpaired) electrons. The maximum Gasteiger partial charge on any atom is 0.247 e. The Morgan fingerprint density at radius 2 is 1.62 bits per heavy atom. The molecule has 1 aliphatic carbocycles. The van der Waals surface area contributed by atoms with Crippen molar-refractivity contribution in [2.75, 3.05) is 18.4 Å². The Balaban J connectivity index is 1.60. The Labute approximate surface area is 154 Å². The monoisotopic (exact) mass is 351 g/mol. The minimum absolute atomic E-state index is 0.158. The fraction of sp³-hybridized carbons (Fsp3) is 0.333. The summed E-state index contributed by atoms with van der Waals surface area (Å²) in [6.07, 6.45) is 2.93. The maximum absolute atomic E-state index is 12.7. The fourth-order valence-corrected chi connectivity index (χ4v) is 2.77. The van der Waals surface area contributed by atoms with Gasteiger partial charge in [0.15, 0.2) is 0 Å². The Bertz CT molecular complexity index is 715. The third-order valence-corrected chi connectivity index (χ3v) is 4.39. The molecule has 2 aromatic rings. The molecule has 2 aromatic carbocycles. The summed E-state index contributed by atoms with van der Waals surface area (Å²) in [5, 5.41) is 8.91. The molecule has 3 N–H and O–H groups in total. The summed E-state index contributed by atoms with van der Waals surface area (Å²) in [6, 6.07) is 18.4. The highest BCUT2D eigenvalue weighted by Gasteiger charge is 2.23. The lowest BCUT2D eigenvalue weighted by Gasteiger charge is -2.19. The summed E-state index contributed by atoms with van der Waals surface area (Å²) in [7, 11) is 0. The van der Waals surface area contributed by atoms with Gasteiger partial charge in [0.1, 0.15) is 6.04 Å². The number of hydrogen-bond acceptors (Lipinski definition) is 3. The molecular formula is C21H25N3O2. The van der Waals surface area contributed by atoms with Gasteiger partial charge in [-0.25, -0.2) is 0 Å². The number of amides is 2. The standard InChI is InChI=1S/C21H25N3O2/c25-20(15-22-14-17-11-12-17)24-19(13-16-7-3-1-4-8-16)21(26)23-18-9-5-2-6-10-18/h1-10,17,19,22H,11-15H2,(H,23,26)(H,24,25). The highest BCUT2D eigenvalue weighted by Crippen LogP contribution is 2.27. The van der Waals surface area contributed by atoms with E-state index in [2.05, 4.69) is 16.0 Å². The average Bonchev–Trinajstić information content (AvgIpc) is 3.47. The summed E-state index contributed by atoms with van der Waals surface area (Å²) in [5.74, 6) is 0.342. The van der Waals surface area contributed by atoms with E-state index in [1.165, 1.54) is 12.8 Å². The van der Waals surface area contributed by atoms with E-state index in [-0.39, 0.29) is 18.4 Å². The fourth-order valence-electron chi connectivity index (χ4n) is 2.77. The molecule has 1 aliphatic rings. The van der Waals surface area contributed by atoms with Gasteiger partial charge in [-0.05, 0) is 43.0 Å². The number of nitrogens with one attached hydrogen (secondary N) is 3. The summed E-state index contributed by atoms with van der Waals surface area (Å²) in [4.78, 5) is 24.9. The van der Waals surface area contributed by atoms with Crippen LogP contribution >= 0.6 is 0 Å². The molecule has 0 spiro atoms. The smallest absolute Gasteiger partial charge is 0.247 e. The van der Waals surface area contributed by atoms with Crippen molar-refractivity contribution in [2.45, 2.75) is 25.3 Å². The van der Waals surface area contributed by atoms with Crippen molar-refractivity contribution < 1.29 is 9.59 Å². The van der Waals surface area contributed by atoms with E-state index in [1.807, 2.05) is 60.7 Å². The van der Waals surface area contributed by atoms with Crippen LogP contribution in [0.4, 0.5) is 5.69 Å². The van der Waals surface area contributed by atoms with Crippen molar-refractivity contribution in [3.63, 3.8) is 0 Å². The molecule has 1 atom stereocenters. The van der Waals surface area contributed by atoms with E-state index in [4.69, 9.17) is 0 Å². The van der Waals surface area contributed by atoms with Crippen molar-refractivity contribution in [3.05, 3.63) is 66.2 Å². The number of anilines is 1. The molecule has 136 valence electrons. The van der Waals surface area contributed by atoms with Gasteiger partial charge in [-0.3, -0.25) is 9.59 Å². The summed E-state index contributed by atoms with van der Waals surface area (Å²) >= 11 is 0. The van der Waals surface area contributed by atoms with Crippen LogP contribution in [0.2, 0.25) is 0 Å². The maximum atomic E-state index is 12.7. The van der Waals surface area contributed by atoms with Crippen LogP contribution in [-0.2, 0) is 16.0 Å². The number of para-hydroxylation sites is 1. The van der Waals surface area contributed by atoms with Crippen molar-refractivity contribution in [1.82, 2.24) is 10.6 Å². The van der Waals surface area contributed by atoms with Crippen molar-refractivity contribution in [2.24, 2.45) is 5.92 Å². The summed E-state index contributed by atoms with van der Waals surface area (Å²) in [6.45, 7) is 1.10. The molecule has 1 unspecified atom stereocenters. The molecule has 0 aromatic heterocycles. The van der Waals surface area contributed by atoms with Crippen LogP contribution in [0.3, 0.4) is 0 Å². The number of benzene rings is 2. The Hall–Kier alpha value is -2.66. The SMILES string of the molecule is O=C(CNCC1CC1)NC(Cc1ccccc1)C(=O)Nc1ccccc1. The topological polar surface area (TPSA) is 70.2 Å². The zero-order valence-electron chi connectivity index (χ0n) is 14.8. The third kappa shape index (κ3) is 6.01. The van der Waals surface area contributed by atoms with Gasteiger partial charge in [0.2, 0.25) is 11.8 Å². The van der Waals surface area contributed by atoms with E-state index >= 15 is 0 Å². The first-order chi connectivity index (χ1) is 12.7. The number of carbonyl (C=O) groups excluding carboxylic acids is 2. The number of rotatable bonds is 9. The quantitative estimate of drug-likeness (QED) is 0.649. The van der Waals surface area contributed by atoms with E-state index in [1.54, 1.807) is 0 Å². The van der Waals surface area contributed by atoms with Gasteiger partial charge in [-0.2, -0.15) is 0 Å². The normalized spacial score (nSPS) is 14.5. The highest BCUT2D eigenvalue weighted by atomic mass is 16.2. The molecule has 5 nitrogen and oxygen atoms in total. The van der Waals surface area contributed by atoms with Crippen LogP contribution in [0.1, 0.15) is 18.4 Å². The van der Waals surface area contributed by atoms with E-state index in [0.29, 0.717) is 12.3 Å². The minimum Gasteiger partial charge on any atom is -0.343 e. The Morgan fingerprint density at radius 1 is 0.962 bits per heavy atom. The Kier molecular flexibility index (Phi) is 6.39. The van der Waals surface area contributed by atoms with Crippen LogP contribution in [0.25, 0.3) is 0 Å². The van der Waals surface area contributed by atoms with Gasteiger partial charge in [-0.1, -0.05) is 48.5 Å². The second kappa shape index (κ2) is 9.15. The predicted molar refractivity (Wildman–Crippen MR) is 103 cm³/mol. The molecular weight excluding hydrogens is 326 g/mol. The lowest BCUT2D eigenvalue weighted by molar-refractivity contribution is -0.125. The van der Waals surface area contributed by atoms with Gasteiger partial charge in [0, 0.05) is 12.1 Å². The van der Waals surface area contributed by atoms with E-state index in [0.717, 1.165) is 17.8 Å². The minimum atomic E-state index is -0.618. The molecule has 0 bridgehead atoms. The van der Waals surface area contributed by atoms with Gasteiger partial charge in [-0.15, -0.1) is 0 Å². The molecule has 0 heterocycles. The van der Waals surface area contributed by atoms with Crippen LogP contribution in [0.15, 0.2) is 60.7 Å².